The number of guanidine groups is 1. The molecule has 1 spiro atoms. The summed E-state index contributed by atoms with van der Waals surface area (Å²) in [6, 6.07) is 6.30. The molecule has 2 fully saturated rings. The number of hydrogen-bond donors (Lipinski definition) is 2. The molecule has 2 saturated carbocycles. The molecule has 0 aromatic heterocycles. The Balaban J connectivity index is 0.00000261. The number of ether oxygens (including phenoxy) is 3. The molecule has 0 radical (unpaired) electrons. The average molecular weight is 489 g/mol. The minimum Gasteiger partial charge on any atom is -0.497 e. The van der Waals surface area contributed by atoms with Gasteiger partial charge < -0.3 is 24.8 Å². The van der Waals surface area contributed by atoms with Crippen LogP contribution in [0.15, 0.2) is 23.2 Å². The zero-order valence-electron chi connectivity index (χ0n) is 16.7. The normalized spacial score (nSPS) is 22.9. The van der Waals surface area contributed by atoms with Crippen molar-refractivity contribution in [2.45, 2.75) is 51.3 Å². The van der Waals surface area contributed by atoms with E-state index in [1.165, 1.54) is 19.3 Å². The zero-order valence-corrected chi connectivity index (χ0v) is 19.0. The second kappa shape index (κ2) is 9.82. The summed E-state index contributed by atoms with van der Waals surface area (Å²) < 4.78 is 16.7. The third-order valence-electron chi connectivity index (χ3n) is 5.91. The summed E-state index contributed by atoms with van der Waals surface area (Å²) in [5.41, 5.74) is 1.38. The van der Waals surface area contributed by atoms with Crippen molar-refractivity contribution < 1.29 is 14.2 Å². The smallest absolute Gasteiger partial charge is 0.191 e. The van der Waals surface area contributed by atoms with E-state index in [0.29, 0.717) is 24.1 Å². The van der Waals surface area contributed by atoms with Gasteiger partial charge in [0.05, 0.1) is 20.3 Å². The fourth-order valence-electron chi connectivity index (χ4n) is 4.18. The van der Waals surface area contributed by atoms with Crippen LogP contribution in [0.4, 0.5) is 0 Å². The fourth-order valence-corrected chi connectivity index (χ4v) is 4.18. The van der Waals surface area contributed by atoms with Gasteiger partial charge in [0, 0.05) is 43.3 Å². The van der Waals surface area contributed by atoms with Crippen molar-refractivity contribution in [1.29, 1.82) is 0 Å². The lowest BCUT2D eigenvalue weighted by Crippen LogP contribution is -2.68. The summed E-state index contributed by atoms with van der Waals surface area (Å²) in [5.74, 6) is 2.42. The van der Waals surface area contributed by atoms with E-state index in [1.807, 2.05) is 25.2 Å². The second-order valence-electron chi connectivity index (χ2n) is 7.07. The molecule has 27 heavy (non-hydrogen) atoms. The molecule has 6 nitrogen and oxygen atoms in total. The standard InChI is InChI=1S/C20H31N3O3.HI/c1-5-26-18-12-17(20(18)9-6-10-20)23-19(21-2)22-13-14-7-8-15(24-3)11-16(14)25-4;/h7-8,11,17-18H,5-6,9-10,12-13H2,1-4H3,(H2,21,22,23);1H. The summed E-state index contributed by atoms with van der Waals surface area (Å²) in [4.78, 5) is 4.40. The minimum absolute atomic E-state index is 0. The first-order valence-electron chi connectivity index (χ1n) is 9.46. The van der Waals surface area contributed by atoms with Gasteiger partial charge >= 0.3 is 0 Å². The maximum absolute atomic E-state index is 5.93. The summed E-state index contributed by atoms with van der Waals surface area (Å²) >= 11 is 0. The van der Waals surface area contributed by atoms with Gasteiger partial charge in [0.15, 0.2) is 5.96 Å². The quantitative estimate of drug-likeness (QED) is 0.350. The SMILES string of the molecule is CCOC1CC(NC(=NC)NCc2ccc(OC)cc2OC)C12CCC2.I. The largest absolute Gasteiger partial charge is 0.497 e. The molecule has 0 heterocycles. The summed E-state index contributed by atoms with van der Waals surface area (Å²) in [6.07, 6.45) is 5.26. The third kappa shape index (κ3) is 4.45. The van der Waals surface area contributed by atoms with Crippen LogP contribution >= 0.6 is 24.0 Å². The van der Waals surface area contributed by atoms with Crippen LogP contribution in [-0.4, -0.2) is 46.0 Å². The molecular weight excluding hydrogens is 457 g/mol. The fraction of sp³-hybridized carbons (Fsp3) is 0.650. The van der Waals surface area contributed by atoms with Crippen LogP contribution in [0.1, 0.15) is 38.2 Å². The van der Waals surface area contributed by atoms with Crippen molar-refractivity contribution >= 4 is 29.9 Å². The highest BCUT2D eigenvalue weighted by molar-refractivity contribution is 14.0. The van der Waals surface area contributed by atoms with E-state index in [4.69, 9.17) is 14.2 Å². The van der Waals surface area contributed by atoms with E-state index < -0.39 is 0 Å². The second-order valence-corrected chi connectivity index (χ2v) is 7.07. The van der Waals surface area contributed by atoms with Crippen LogP contribution in [0, 0.1) is 5.41 Å². The first-order valence-corrected chi connectivity index (χ1v) is 9.46. The molecule has 0 saturated heterocycles. The molecule has 0 aliphatic heterocycles. The minimum atomic E-state index is 0. The predicted octanol–water partition coefficient (Wildman–Crippen LogP) is 3.33. The number of nitrogens with one attached hydrogen (secondary N) is 2. The lowest BCUT2D eigenvalue weighted by Gasteiger charge is -2.61. The van der Waals surface area contributed by atoms with E-state index in [0.717, 1.165) is 36.0 Å². The molecule has 0 amide bonds. The molecule has 1 aromatic rings. The van der Waals surface area contributed by atoms with Crippen molar-refractivity contribution in [2.24, 2.45) is 10.4 Å². The van der Waals surface area contributed by atoms with Crippen molar-refractivity contribution in [1.82, 2.24) is 10.6 Å². The van der Waals surface area contributed by atoms with Crippen LogP contribution in [0.2, 0.25) is 0 Å². The number of hydrogen-bond acceptors (Lipinski definition) is 4. The molecule has 2 N–H and O–H groups in total. The molecule has 152 valence electrons. The number of halogens is 1. The molecule has 2 aliphatic carbocycles. The molecular formula is C20H32IN3O3. The maximum atomic E-state index is 5.93. The van der Waals surface area contributed by atoms with Gasteiger partial charge in [-0.1, -0.05) is 6.42 Å². The van der Waals surface area contributed by atoms with Crippen molar-refractivity contribution in [3.8, 4) is 11.5 Å². The van der Waals surface area contributed by atoms with Gasteiger partial charge in [0.1, 0.15) is 11.5 Å². The topological polar surface area (TPSA) is 64.1 Å². The zero-order chi connectivity index (χ0) is 18.6. The number of rotatable bonds is 7. The Labute approximate surface area is 179 Å². The first kappa shape index (κ1) is 22.1. The van der Waals surface area contributed by atoms with E-state index in [9.17, 15) is 0 Å². The average Bonchev–Trinajstić information content (AvgIpc) is 2.61. The highest BCUT2D eigenvalue weighted by Crippen LogP contribution is 2.57. The Hall–Kier alpha value is -1.22. The first-order chi connectivity index (χ1) is 12.7. The molecule has 2 atom stereocenters. The van der Waals surface area contributed by atoms with E-state index in [-0.39, 0.29) is 24.0 Å². The Morgan fingerprint density at radius 1 is 1.26 bits per heavy atom. The van der Waals surface area contributed by atoms with Crippen LogP contribution in [0.5, 0.6) is 11.5 Å². The number of benzene rings is 1. The van der Waals surface area contributed by atoms with Crippen LogP contribution in [-0.2, 0) is 11.3 Å². The number of methoxy groups -OCH3 is 2. The Morgan fingerprint density at radius 2 is 2.04 bits per heavy atom. The molecule has 7 heteroatoms. The summed E-state index contributed by atoms with van der Waals surface area (Å²) in [7, 11) is 5.14. The Morgan fingerprint density at radius 3 is 2.59 bits per heavy atom. The molecule has 2 aliphatic rings. The van der Waals surface area contributed by atoms with Crippen LogP contribution in [0.25, 0.3) is 0 Å². The predicted molar refractivity (Wildman–Crippen MR) is 118 cm³/mol. The van der Waals surface area contributed by atoms with Gasteiger partial charge in [-0.25, -0.2) is 0 Å². The van der Waals surface area contributed by atoms with Gasteiger partial charge in [-0.05, 0) is 38.3 Å². The molecule has 2 unspecified atom stereocenters. The molecule has 3 rings (SSSR count). The van der Waals surface area contributed by atoms with E-state index in [1.54, 1.807) is 14.2 Å². The van der Waals surface area contributed by atoms with Gasteiger partial charge in [-0.2, -0.15) is 0 Å². The number of aliphatic imine (C=N–C) groups is 1. The molecule has 1 aromatic carbocycles. The van der Waals surface area contributed by atoms with Gasteiger partial charge in [-0.15, -0.1) is 24.0 Å². The Bertz CT molecular complexity index is 649. The monoisotopic (exact) mass is 489 g/mol. The van der Waals surface area contributed by atoms with Crippen molar-refractivity contribution in [3.05, 3.63) is 23.8 Å². The van der Waals surface area contributed by atoms with Crippen molar-refractivity contribution in [2.75, 3.05) is 27.9 Å². The van der Waals surface area contributed by atoms with Gasteiger partial charge in [0.25, 0.3) is 0 Å². The van der Waals surface area contributed by atoms with Gasteiger partial charge in [-0.3, -0.25) is 4.99 Å². The Kier molecular flexibility index (Phi) is 8.03. The van der Waals surface area contributed by atoms with Crippen molar-refractivity contribution in [3.63, 3.8) is 0 Å². The summed E-state index contributed by atoms with van der Waals surface area (Å²) in [5, 5.41) is 7.02. The lowest BCUT2D eigenvalue weighted by atomic mass is 9.51. The highest BCUT2D eigenvalue weighted by atomic mass is 127. The molecule has 0 bridgehead atoms. The van der Waals surface area contributed by atoms with E-state index >= 15 is 0 Å². The van der Waals surface area contributed by atoms with Crippen LogP contribution < -0.4 is 20.1 Å². The third-order valence-corrected chi connectivity index (χ3v) is 5.91. The summed E-state index contributed by atoms with van der Waals surface area (Å²) in [6.45, 7) is 3.51. The maximum Gasteiger partial charge on any atom is 0.191 e. The number of nitrogens with zero attached hydrogens (tertiary/aromatic N) is 1. The highest BCUT2D eigenvalue weighted by Gasteiger charge is 2.59. The van der Waals surface area contributed by atoms with Crippen LogP contribution in [0.3, 0.4) is 0 Å². The van der Waals surface area contributed by atoms with E-state index in [2.05, 4.69) is 22.5 Å². The van der Waals surface area contributed by atoms with Gasteiger partial charge in [0.2, 0.25) is 0 Å². The lowest BCUT2D eigenvalue weighted by molar-refractivity contribution is -0.168.